The third kappa shape index (κ3) is 4.12. The van der Waals surface area contributed by atoms with Gasteiger partial charge in [-0.1, -0.05) is 44.5 Å². The van der Waals surface area contributed by atoms with Crippen molar-refractivity contribution in [3.63, 3.8) is 0 Å². The average Bonchev–Trinajstić information content (AvgIpc) is 3.24. The summed E-state index contributed by atoms with van der Waals surface area (Å²) in [6, 6.07) is 13.9. The summed E-state index contributed by atoms with van der Waals surface area (Å²) in [5.74, 6) is 1.07. The van der Waals surface area contributed by atoms with E-state index in [0.717, 1.165) is 50.5 Å². The normalized spacial score (nSPS) is 11.5. The monoisotopic (exact) mass is 457 g/mol. The number of pyridine rings is 2. The number of hydrogen-bond acceptors (Lipinski definition) is 6. The Labute approximate surface area is 196 Å². The fourth-order valence-corrected chi connectivity index (χ4v) is 4.23. The maximum absolute atomic E-state index is 6.51. The van der Waals surface area contributed by atoms with Crippen LogP contribution in [-0.4, -0.2) is 29.8 Å². The van der Waals surface area contributed by atoms with Crippen molar-refractivity contribution >= 4 is 34.0 Å². The molecule has 4 heterocycles. The topological polar surface area (TPSA) is 80.9 Å². The number of nitrogens with zero attached hydrogens (tertiary/aromatic N) is 6. The van der Waals surface area contributed by atoms with Gasteiger partial charge >= 0.3 is 0 Å². The molecule has 0 radical (unpaired) electrons. The van der Waals surface area contributed by atoms with Gasteiger partial charge in [0.25, 0.3) is 0 Å². The largest absolute Gasteiger partial charge is 0.376 e. The van der Waals surface area contributed by atoms with Gasteiger partial charge < -0.3 is 5.32 Å². The van der Waals surface area contributed by atoms with Gasteiger partial charge in [0.2, 0.25) is 0 Å². The number of aryl methyl sites for hydroxylation is 1. The fourth-order valence-electron chi connectivity index (χ4n) is 3.83. The van der Waals surface area contributed by atoms with E-state index in [-0.39, 0.29) is 0 Å². The molecule has 0 saturated heterocycles. The number of anilines is 1. The van der Waals surface area contributed by atoms with Gasteiger partial charge in [-0.05, 0) is 53.8 Å². The summed E-state index contributed by atoms with van der Waals surface area (Å²) in [6.07, 6.45) is 4.60. The van der Waals surface area contributed by atoms with E-state index in [4.69, 9.17) is 16.7 Å². The van der Waals surface area contributed by atoms with Crippen molar-refractivity contribution in [1.29, 1.82) is 0 Å². The van der Waals surface area contributed by atoms with E-state index in [9.17, 15) is 0 Å². The van der Waals surface area contributed by atoms with E-state index in [0.29, 0.717) is 23.9 Å². The van der Waals surface area contributed by atoms with Gasteiger partial charge in [0.15, 0.2) is 11.5 Å². The second-order valence-corrected chi connectivity index (χ2v) is 8.68. The molecule has 0 spiro atoms. The van der Waals surface area contributed by atoms with Crippen molar-refractivity contribution in [3.8, 4) is 11.3 Å². The smallest absolute Gasteiger partial charge is 0.178 e. The quantitative estimate of drug-likeness (QED) is 0.353. The van der Waals surface area contributed by atoms with Crippen LogP contribution in [0.4, 0.5) is 5.69 Å². The van der Waals surface area contributed by atoms with Crippen LogP contribution in [-0.2, 0) is 13.0 Å². The minimum Gasteiger partial charge on any atom is -0.376 e. The predicted octanol–water partition coefficient (Wildman–Crippen LogP) is 5.69. The minimum atomic E-state index is 0.366. The zero-order chi connectivity index (χ0) is 22.9. The molecular formula is C25H24ClN7. The summed E-state index contributed by atoms with van der Waals surface area (Å²) < 4.78 is 1.76. The summed E-state index contributed by atoms with van der Waals surface area (Å²) >= 11 is 6.51. The first-order valence-corrected chi connectivity index (χ1v) is 11.4. The van der Waals surface area contributed by atoms with Crippen LogP contribution in [0.25, 0.3) is 27.9 Å². The van der Waals surface area contributed by atoms with Crippen LogP contribution in [0.15, 0.2) is 54.9 Å². The van der Waals surface area contributed by atoms with E-state index in [1.165, 1.54) is 0 Å². The highest BCUT2D eigenvalue weighted by molar-refractivity contribution is 6.31. The zero-order valence-electron chi connectivity index (χ0n) is 18.7. The van der Waals surface area contributed by atoms with Crippen molar-refractivity contribution in [2.24, 2.45) is 0 Å². The van der Waals surface area contributed by atoms with E-state index < -0.39 is 0 Å². The summed E-state index contributed by atoms with van der Waals surface area (Å²) in [6.45, 7) is 6.81. The Morgan fingerprint density at radius 3 is 2.70 bits per heavy atom. The molecule has 4 aromatic heterocycles. The van der Waals surface area contributed by atoms with Crippen LogP contribution in [0, 0.1) is 0 Å². The Morgan fingerprint density at radius 2 is 1.91 bits per heavy atom. The van der Waals surface area contributed by atoms with E-state index in [1.54, 1.807) is 10.7 Å². The zero-order valence-corrected chi connectivity index (χ0v) is 19.5. The highest BCUT2D eigenvalue weighted by Gasteiger charge is 2.12. The second kappa shape index (κ2) is 8.75. The number of nitrogens with one attached hydrogen (secondary N) is 1. The minimum absolute atomic E-state index is 0.366. The van der Waals surface area contributed by atoms with Crippen molar-refractivity contribution in [3.05, 3.63) is 76.8 Å². The lowest BCUT2D eigenvalue weighted by molar-refractivity contribution is 0.832. The van der Waals surface area contributed by atoms with Crippen molar-refractivity contribution in [2.45, 2.75) is 39.7 Å². The Balaban J connectivity index is 1.44. The molecule has 7 nitrogen and oxygen atoms in total. The van der Waals surface area contributed by atoms with Gasteiger partial charge in [0, 0.05) is 23.0 Å². The molecule has 0 unspecified atom stereocenters. The first-order chi connectivity index (χ1) is 16.0. The van der Waals surface area contributed by atoms with Gasteiger partial charge in [-0.2, -0.15) is 9.61 Å². The molecule has 0 fully saturated rings. The number of hydrogen-bond donors (Lipinski definition) is 1. The van der Waals surface area contributed by atoms with E-state index in [2.05, 4.69) is 64.5 Å². The second-order valence-electron chi connectivity index (χ2n) is 8.27. The maximum atomic E-state index is 6.51. The molecule has 5 rings (SSSR count). The van der Waals surface area contributed by atoms with Gasteiger partial charge in [0.05, 0.1) is 23.4 Å². The Kier molecular flexibility index (Phi) is 5.64. The van der Waals surface area contributed by atoms with Gasteiger partial charge in [-0.15, -0.1) is 10.2 Å². The molecule has 1 N–H and O–H groups in total. The lowest BCUT2D eigenvalue weighted by Gasteiger charge is -2.10. The number of benzene rings is 1. The van der Waals surface area contributed by atoms with Crippen LogP contribution in [0.5, 0.6) is 0 Å². The van der Waals surface area contributed by atoms with Crippen molar-refractivity contribution in [1.82, 2.24) is 29.8 Å². The number of fused-ring (bicyclic) bond motifs is 2. The predicted molar refractivity (Wildman–Crippen MR) is 132 cm³/mol. The average molecular weight is 458 g/mol. The van der Waals surface area contributed by atoms with Crippen LogP contribution in [0.3, 0.4) is 0 Å². The van der Waals surface area contributed by atoms with Gasteiger partial charge in [-0.25, -0.2) is 0 Å². The van der Waals surface area contributed by atoms with Crippen LogP contribution in [0.2, 0.25) is 5.02 Å². The molecule has 0 atom stereocenters. The molecular weight excluding hydrogens is 434 g/mol. The van der Waals surface area contributed by atoms with Crippen LogP contribution < -0.4 is 5.32 Å². The number of halogens is 1. The third-order valence-corrected chi connectivity index (χ3v) is 6.05. The Hall–Kier alpha value is -3.58. The SMILES string of the molecule is CCc1cnc2c(NCc3nnc4ccc(-c5ccc(C(C)C)c(Cl)c5)nn34)ccnc2c1. The molecule has 166 valence electrons. The lowest BCUT2D eigenvalue weighted by Crippen LogP contribution is -2.07. The number of rotatable bonds is 6. The molecule has 0 aliphatic carbocycles. The summed E-state index contributed by atoms with van der Waals surface area (Å²) in [4.78, 5) is 9.06. The first kappa shape index (κ1) is 21.3. The molecule has 0 aliphatic heterocycles. The molecule has 0 amide bonds. The molecule has 0 saturated carbocycles. The highest BCUT2D eigenvalue weighted by Crippen LogP contribution is 2.29. The van der Waals surface area contributed by atoms with Crippen molar-refractivity contribution in [2.75, 3.05) is 5.32 Å². The van der Waals surface area contributed by atoms with E-state index >= 15 is 0 Å². The van der Waals surface area contributed by atoms with Gasteiger partial charge in [0.1, 0.15) is 5.52 Å². The molecule has 8 heteroatoms. The molecule has 0 aliphatic rings. The Morgan fingerprint density at radius 1 is 1.03 bits per heavy atom. The van der Waals surface area contributed by atoms with Crippen LogP contribution in [0.1, 0.15) is 43.6 Å². The third-order valence-electron chi connectivity index (χ3n) is 5.72. The number of aromatic nitrogens is 6. The van der Waals surface area contributed by atoms with Gasteiger partial charge in [-0.3, -0.25) is 9.97 Å². The lowest BCUT2D eigenvalue weighted by atomic mass is 10.0. The maximum Gasteiger partial charge on any atom is 0.178 e. The van der Waals surface area contributed by atoms with Crippen LogP contribution >= 0.6 is 11.6 Å². The summed E-state index contributed by atoms with van der Waals surface area (Å²) in [5.41, 5.74) is 7.33. The first-order valence-electron chi connectivity index (χ1n) is 11.0. The fraction of sp³-hybridized carbons (Fsp3) is 0.240. The molecule has 1 aromatic carbocycles. The van der Waals surface area contributed by atoms with Crippen molar-refractivity contribution < 1.29 is 0 Å². The standard InChI is InChI=1S/C25H24ClN7/c1-4-16-11-22-25(29-13-16)21(9-10-27-22)28-14-24-31-30-23-8-7-20(32-33(23)24)17-5-6-18(15(2)3)19(26)12-17/h5-13,15H,4,14H2,1-3H3,(H,27,28). The Bertz CT molecular complexity index is 1460. The molecule has 0 bridgehead atoms. The van der Waals surface area contributed by atoms with E-state index in [1.807, 2.05) is 30.5 Å². The summed E-state index contributed by atoms with van der Waals surface area (Å²) in [7, 11) is 0. The molecule has 5 aromatic rings. The molecule has 33 heavy (non-hydrogen) atoms. The summed E-state index contributed by atoms with van der Waals surface area (Å²) in [5, 5.41) is 17.5. The highest BCUT2D eigenvalue weighted by atomic mass is 35.5.